The van der Waals surface area contributed by atoms with Crippen molar-refractivity contribution < 1.29 is 54.9 Å². The second-order valence-electron chi connectivity index (χ2n) is 15.4. The number of carbonyl (C=O) groups is 3. The van der Waals surface area contributed by atoms with Gasteiger partial charge in [0.15, 0.2) is 0 Å². The van der Waals surface area contributed by atoms with Crippen LogP contribution < -0.4 is 24.8 Å². The Morgan fingerprint density at radius 1 is 1.07 bits per heavy atom. The molecule has 0 spiro atoms. The standard InChI is InChI=1S/C38H48ClF3N4O9S/c1-19-20(2)31(21(3)24-12-13-37(8,9)55-30(19)24)56(50,51)46-35(43)44-14-10-11-28(45-22(4)47)34(49)53-18-52-33(48)25-15-23-16-27(39)26(36(5,6)7)17-29(23)54-32(25)38(40,41)42/h15-17,28,32H,10-14,18H2,1-9H3,(H,45,47)(H3,43,44,46). The van der Waals surface area contributed by atoms with Crippen LogP contribution in [0.4, 0.5) is 13.2 Å². The van der Waals surface area contributed by atoms with Crippen molar-refractivity contribution in [3.63, 3.8) is 0 Å². The Kier molecular flexibility index (Phi) is 13.1. The molecule has 4 rings (SSSR count). The highest BCUT2D eigenvalue weighted by Crippen LogP contribution is 2.43. The lowest BCUT2D eigenvalue weighted by Crippen LogP contribution is -2.43. The second-order valence-corrected chi connectivity index (χ2v) is 17.5. The number of halogens is 4. The van der Waals surface area contributed by atoms with E-state index in [0.717, 1.165) is 18.6 Å². The molecule has 0 radical (unpaired) electrons. The first kappa shape index (κ1) is 44.2. The molecule has 13 nitrogen and oxygen atoms in total. The number of fused-ring (bicyclic) bond motifs is 2. The van der Waals surface area contributed by atoms with E-state index in [4.69, 9.17) is 36.0 Å². The van der Waals surface area contributed by atoms with E-state index in [-0.39, 0.29) is 40.6 Å². The van der Waals surface area contributed by atoms with Gasteiger partial charge in [-0.3, -0.25) is 10.2 Å². The van der Waals surface area contributed by atoms with Crippen LogP contribution in [0.1, 0.15) is 94.2 Å². The molecule has 0 fully saturated rings. The average molecular weight is 829 g/mol. The molecule has 56 heavy (non-hydrogen) atoms. The molecular formula is C38H48ClF3N4O9S. The molecule has 2 aromatic rings. The molecule has 1 amide bonds. The average Bonchev–Trinajstić information content (AvgIpc) is 3.05. The van der Waals surface area contributed by atoms with Gasteiger partial charge in [-0.15, -0.1) is 0 Å². The van der Waals surface area contributed by atoms with E-state index in [1.807, 2.05) is 34.6 Å². The smallest absolute Gasteiger partial charge is 0.430 e. The van der Waals surface area contributed by atoms with Crippen molar-refractivity contribution in [1.29, 1.82) is 5.41 Å². The maximum Gasteiger partial charge on any atom is 0.430 e. The van der Waals surface area contributed by atoms with E-state index >= 15 is 0 Å². The van der Waals surface area contributed by atoms with Crippen molar-refractivity contribution in [3.05, 3.63) is 56.1 Å². The molecule has 2 atom stereocenters. The van der Waals surface area contributed by atoms with Gasteiger partial charge in [-0.1, -0.05) is 32.4 Å². The third-order valence-corrected chi connectivity index (χ3v) is 11.4. The number of benzene rings is 2. The zero-order valence-electron chi connectivity index (χ0n) is 32.7. The Labute approximate surface area is 329 Å². The number of carbonyl (C=O) groups excluding carboxylic acids is 3. The fourth-order valence-electron chi connectivity index (χ4n) is 6.51. The first-order chi connectivity index (χ1) is 25.7. The fraction of sp³-hybridized carbons (Fsp3) is 0.526. The van der Waals surface area contributed by atoms with Gasteiger partial charge in [0.2, 0.25) is 24.8 Å². The number of guanidine groups is 1. The Bertz CT molecular complexity index is 2060. The van der Waals surface area contributed by atoms with E-state index in [1.165, 1.54) is 12.1 Å². The van der Waals surface area contributed by atoms with E-state index < -0.39 is 75.5 Å². The summed E-state index contributed by atoms with van der Waals surface area (Å²) in [6.07, 6.45) is -5.35. The maximum absolute atomic E-state index is 14.0. The van der Waals surface area contributed by atoms with Crippen molar-refractivity contribution in [1.82, 2.24) is 15.4 Å². The number of rotatable bonds is 11. The highest BCUT2D eigenvalue weighted by atomic mass is 35.5. The fourth-order valence-corrected chi connectivity index (χ4v) is 8.49. The minimum absolute atomic E-state index is 0.0144. The quantitative estimate of drug-likeness (QED) is 0.0669. The minimum atomic E-state index is -5.01. The number of nitrogens with one attached hydrogen (secondary N) is 4. The molecule has 0 bridgehead atoms. The van der Waals surface area contributed by atoms with Gasteiger partial charge in [0, 0.05) is 24.1 Å². The van der Waals surface area contributed by atoms with Crippen LogP contribution in [0.15, 0.2) is 22.6 Å². The first-order valence-electron chi connectivity index (χ1n) is 17.8. The lowest BCUT2D eigenvalue weighted by molar-refractivity contribution is -0.190. The number of hydrogen-bond donors (Lipinski definition) is 4. The summed E-state index contributed by atoms with van der Waals surface area (Å²) >= 11 is 6.38. The van der Waals surface area contributed by atoms with Gasteiger partial charge in [0.05, 0.1) is 10.5 Å². The van der Waals surface area contributed by atoms with Gasteiger partial charge < -0.3 is 29.6 Å². The van der Waals surface area contributed by atoms with Gasteiger partial charge >= 0.3 is 18.1 Å². The summed E-state index contributed by atoms with van der Waals surface area (Å²) in [6, 6.07) is 1.50. The monoisotopic (exact) mass is 828 g/mol. The summed E-state index contributed by atoms with van der Waals surface area (Å²) in [5, 5.41) is 13.5. The summed E-state index contributed by atoms with van der Waals surface area (Å²) in [5.74, 6) is -3.11. The number of amides is 1. The predicted octanol–water partition coefficient (Wildman–Crippen LogP) is 6.20. The summed E-state index contributed by atoms with van der Waals surface area (Å²) in [5.41, 5.74) is 1.39. The van der Waals surface area contributed by atoms with Crippen molar-refractivity contribution in [2.24, 2.45) is 0 Å². The number of sulfonamides is 1. The van der Waals surface area contributed by atoms with Crippen LogP contribution in [0.5, 0.6) is 11.5 Å². The van der Waals surface area contributed by atoms with Gasteiger partial charge in [-0.05, 0) is 112 Å². The molecule has 0 aliphatic carbocycles. The second kappa shape index (κ2) is 16.5. The maximum atomic E-state index is 14.0. The van der Waals surface area contributed by atoms with E-state index in [1.54, 1.807) is 20.8 Å². The third-order valence-electron chi connectivity index (χ3n) is 9.47. The molecule has 0 saturated carbocycles. The van der Waals surface area contributed by atoms with Crippen molar-refractivity contribution in [2.45, 2.75) is 122 Å². The van der Waals surface area contributed by atoms with Gasteiger partial charge in [-0.2, -0.15) is 13.2 Å². The zero-order valence-corrected chi connectivity index (χ0v) is 34.3. The van der Waals surface area contributed by atoms with Gasteiger partial charge in [0.1, 0.15) is 23.1 Å². The van der Waals surface area contributed by atoms with Crippen LogP contribution in [-0.2, 0) is 45.7 Å². The molecule has 308 valence electrons. The van der Waals surface area contributed by atoms with Gasteiger partial charge in [-0.25, -0.2) is 22.7 Å². The number of hydrogen-bond acceptors (Lipinski definition) is 10. The molecule has 4 N–H and O–H groups in total. The summed E-state index contributed by atoms with van der Waals surface area (Å²) < 4.78 is 92.6. The molecule has 2 aliphatic heterocycles. The van der Waals surface area contributed by atoms with E-state index in [0.29, 0.717) is 40.8 Å². The molecule has 2 aliphatic rings. The Morgan fingerprint density at radius 2 is 1.73 bits per heavy atom. The molecule has 18 heteroatoms. The van der Waals surface area contributed by atoms with E-state index in [9.17, 15) is 36.0 Å². The van der Waals surface area contributed by atoms with Crippen molar-refractivity contribution in [2.75, 3.05) is 13.3 Å². The summed E-state index contributed by atoms with van der Waals surface area (Å²) in [4.78, 5) is 37.6. The lowest BCUT2D eigenvalue weighted by atomic mass is 9.85. The normalized spacial score (nSPS) is 16.8. The molecule has 2 heterocycles. The highest BCUT2D eigenvalue weighted by Gasteiger charge is 2.49. The van der Waals surface area contributed by atoms with Crippen LogP contribution in [0, 0.1) is 26.2 Å². The molecule has 0 saturated heterocycles. The van der Waals surface area contributed by atoms with Crippen LogP contribution >= 0.6 is 11.6 Å². The van der Waals surface area contributed by atoms with Crippen molar-refractivity contribution in [3.8, 4) is 11.5 Å². The van der Waals surface area contributed by atoms with Crippen LogP contribution in [-0.4, -0.2) is 69.5 Å². The van der Waals surface area contributed by atoms with Crippen molar-refractivity contribution >= 4 is 51.5 Å². The number of alkyl halides is 3. The number of ether oxygens (including phenoxy) is 4. The molecule has 0 aromatic heterocycles. The Hall–Kier alpha value is -4.51. The summed E-state index contributed by atoms with van der Waals surface area (Å²) in [7, 11) is -4.19. The summed E-state index contributed by atoms with van der Waals surface area (Å²) in [6.45, 7) is 14.7. The lowest BCUT2D eigenvalue weighted by Gasteiger charge is -2.35. The van der Waals surface area contributed by atoms with E-state index in [2.05, 4.69) is 15.4 Å². The highest BCUT2D eigenvalue weighted by molar-refractivity contribution is 7.90. The minimum Gasteiger partial charge on any atom is -0.487 e. The molecule has 2 unspecified atom stereocenters. The third kappa shape index (κ3) is 10.3. The zero-order chi connectivity index (χ0) is 42.1. The van der Waals surface area contributed by atoms with Gasteiger partial charge in [0.25, 0.3) is 10.0 Å². The first-order valence-corrected chi connectivity index (χ1v) is 19.7. The molecular weight excluding hydrogens is 781 g/mol. The SMILES string of the molecule is CC(=O)NC(CCCNC(=N)NS(=O)(=O)c1c(C)c(C)c2c(c1C)CCC(C)(C)O2)C(=O)OCOC(=O)C1=Cc2cc(Cl)c(C(C)(C)C)cc2OC1C(F)(F)F. The predicted molar refractivity (Wildman–Crippen MR) is 202 cm³/mol. The van der Waals surface area contributed by atoms with Crippen LogP contribution in [0.3, 0.4) is 0 Å². The Morgan fingerprint density at radius 3 is 2.34 bits per heavy atom. The largest absolute Gasteiger partial charge is 0.487 e. The van der Waals surface area contributed by atoms with Crippen LogP contribution in [0.25, 0.3) is 6.08 Å². The molecule has 2 aromatic carbocycles. The number of esters is 2. The topological polar surface area (TPSA) is 182 Å². The van der Waals surface area contributed by atoms with Crippen LogP contribution in [0.2, 0.25) is 5.02 Å². The Balaban J connectivity index is 1.34.